The molecule has 18 heavy (non-hydrogen) atoms. The fourth-order valence-corrected chi connectivity index (χ4v) is 2.04. The molecule has 0 aliphatic heterocycles. The third kappa shape index (κ3) is 2.59. The summed E-state index contributed by atoms with van der Waals surface area (Å²) in [6.07, 6.45) is 4.50. The molecule has 1 unspecified atom stereocenters. The highest BCUT2D eigenvalue weighted by Crippen LogP contribution is 2.29. The molecule has 0 fully saturated rings. The fourth-order valence-electron chi connectivity index (χ4n) is 1.88. The van der Waals surface area contributed by atoms with Crippen molar-refractivity contribution in [3.8, 4) is 0 Å². The van der Waals surface area contributed by atoms with Crippen LogP contribution in [0.1, 0.15) is 30.8 Å². The second-order valence-electron chi connectivity index (χ2n) is 4.27. The van der Waals surface area contributed by atoms with Crippen LogP contribution in [-0.2, 0) is 0 Å². The maximum atomic E-state index is 6.05. The highest BCUT2D eigenvalue weighted by atomic mass is 35.5. The number of nitrogen functional groups attached to an aromatic ring is 1. The minimum Gasteiger partial charge on any atom is -0.398 e. The first-order valence-electron chi connectivity index (χ1n) is 5.93. The molecule has 0 radical (unpaired) electrons. The SMILES string of the molecule is CCC(Nc1cc(Cl)c(N)cc1C)c1ncc[nH]1. The Labute approximate surface area is 112 Å². The lowest BCUT2D eigenvalue weighted by molar-refractivity contribution is 0.703. The van der Waals surface area contributed by atoms with E-state index in [0.29, 0.717) is 10.7 Å². The number of nitrogens with zero attached hydrogens (tertiary/aromatic N) is 1. The van der Waals surface area contributed by atoms with E-state index >= 15 is 0 Å². The third-order valence-electron chi connectivity index (χ3n) is 2.93. The topological polar surface area (TPSA) is 66.7 Å². The average molecular weight is 265 g/mol. The summed E-state index contributed by atoms with van der Waals surface area (Å²) in [6, 6.07) is 3.87. The molecule has 1 aromatic heterocycles. The van der Waals surface area contributed by atoms with Gasteiger partial charge in [0.15, 0.2) is 0 Å². The summed E-state index contributed by atoms with van der Waals surface area (Å²) < 4.78 is 0. The maximum Gasteiger partial charge on any atom is 0.128 e. The minimum atomic E-state index is 0.137. The Bertz CT molecular complexity index is 522. The van der Waals surface area contributed by atoms with E-state index in [4.69, 9.17) is 17.3 Å². The Morgan fingerprint density at radius 3 is 2.89 bits per heavy atom. The Balaban J connectivity index is 2.25. The second-order valence-corrected chi connectivity index (χ2v) is 4.68. The van der Waals surface area contributed by atoms with Gasteiger partial charge in [-0.15, -0.1) is 0 Å². The van der Waals surface area contributed by atoms with Gasteiger partial charge in [0.1, 0.15) is 5.82 Å². The standard InChI is InChI=1S/C13H17ClN4/c1-3-11(13-16-4-5-17-13)18-12-7-9(14)10(15)6-8(12)2/h4-7,11,18H,3,15H2,1-2H3,(H,16,17). The molecule has 0 saturated carbocycles. The number of nitrogens with one attached hydrogen (secondary N) is 2. The number of aromatic nitrogens is 2. The summed E-state index contributed by atoms with van der Waals surface area (Å²) >= 11 is 6.05. The van der Waals surface area contributed by atoms with Gasteiger partial charge in [-0.3, -0.25) is 0 Å². The molecule has 1 aromatic carbocycles. The summed E-state index contributed by atoms with van der Waals surface area (Å²) in [5.74, 6) is 0.921. The smallest absolute Gasteiger partial charge is 0.128 e. The molecule has 1 atom stereocenters. The zero-order valence-corrected chi connectivity index (χ0v) is 11.3. The first kappa shape index (κ1) is 12.8. The number of aryl methyl sites for hydroxylation is 1. The zero-order valence-electron chi connectivity index (χ0n) is 10.5. The van der Waals surface area contributed by atoms with Crippen molar-refractivity contribution < 1.29 is 0 Å². The molecule has 96 valence electrons. The number of anilines is 2. The molecule has 0 spiro atoms. The Kier molecular flexibility index (Phi) is 3.77. The van der Waals surface area contributed by atoms with Gasteiger partial charge >= 0.3 is 0 Å². The van der Waals surface area contributed by atoms with Crippen molar-refractivity contribution in [1.29, 1.82) is 0 Å². The maximum absolute atomic E-state index is 6.05. The van der Waals surface area contributed by atoms with Crippen LogP contribution in [0.2, 0.25) is 5.02 Å². The van der Waals surface area contributed by atoms with Crippen molar-refractivity contribution >= 4 is 23.0 Å². The van der Waals surface area contributed by atoms with Crippen LogP contribution in [0.3, 0.4) is 0 Å². The summed E-state index contributed by atoms with van der Waals surface area (Å²) in [4.78, 5) is 7.40. The number of nitrogens with two attached hydrogens (primary N) is 1. The lowest BCUT2D eigenvalue weighted by Crippen LogP contribution is -2.12. The Morgan fingerprint density at radius 1 is 1.50 bits per heavy atom. The van der Waals surface area contributed by atoms with Gasteiger partial charge in [-0.2, -0.15) is 0 Å². The molecule has 0 aliphatic rings. The molecule has 0 amide bonds. The van der Waals surface area contributed by atoms with Crippen LogP contribution >= 0.6 is 11.6 Å². The van der Waals surface area contributed by atoms with E-state index in [0.717, 1.165) is 23.5 Å². The van der Waals surface area contributed by atoms with Crippen molar-refractivity contribution in [3.63, 3.8) is 0 Å². The largest absolute Gasteiger partial charge is 0.398 e. The molecular formula is C13H17ClN4. The highest BCUT2D eigenvalue weighted by molar-refractivity contribution is 6.33. The van der Waals surface area contributed by atoms with Gasteiger partial charge in [0.2, 0.25) is 0 Å². The number of benzene rings is 1. The minimum absolute atomic E-state index is 0.137. The fraction of sp³-hybridized carbons (Fsp3) is 0.308. The average Bonchev–Trinajstić information content (AvgIpc) is 2.85. The zero-order chi connectivity index (χ0) is 13.1. The van der Waals surface area contributed by atoms with E-state index in [1.807, 2.05) is 25.3 Å². The number of rotatable bonds is 4. The molecule has 2 aromatic rings. The van der Waals surface area contributed by atoms with E-state index in [1.165, 1.54) is 0 Å². The quantitative estimate of drug-likeness (QED) is 0.740. The molecule has 4 N–H and O–H groups in total. The number of H-pyrrole nitrogens is 1. The lowest BCUT2D eigenvalue weighted by atomic mass is 10.1. The van der Waals surface area contributed by atoms with Gasteiger partial charge in [0, 0.05) is 18.1 Å². The van der Waals surface area contributed by atoms with E-state index in [-0.39, 0.29) is 6.04 Å². The van der Waals surface area contributed by atoms with Gasteiger partial charge in [-0.05, 0) is 31.0 Å². The predicted molar refractivity (Wildman–Crippen MR) is 75.8 cm³/mol. The van der Waals surface area contributed by atoms with E-state index in [9.17, 15) is 0 Å². The van der Waals surface area contributed by atoms with Crippen LogP contribution in [0.4, 0.5) is 11.4 Å². The van der Waals surface area contributed by atoms with Crippen LogP contribution in [0, 0.1) is 6.92 Å². The van der Waals surface area contributed by atoms with Crippen LogP contribution in [-0.4, -0.2) is 9.97 Å². The first-order chi connectivity index (χ1) is 8.61. The van der Waals surface area contributed by atoms with Crippen molar-refractivity contribution in [1.82, 2.24) is 9.97 Å². The first-order valence-corrected chi connectivity index (χ1v) is 6.31. The second kappa shape index (κ2) is 5.31. The molecule has 0 bridgehead atoms. The summed E-state index contributed by atoms with van der Waals surface area (Å²) in [5, 5.41) is 4.00. The van der Waals surface area contributed by atoms with Crippen LogP contribution < -0.4 is 11.1 Å². The molecule has 1 heterocycles. The van der Waals surface area contributed by atoms with E-state index in [1.54, 1.807) is 6.20 Å². The van der Waals surface area contributed by atoms with Gasteiger partial charge in [-0.25, -0.2) is 4.98 Å². The highest BCUT2D eigenvalue weighted by Gasteiger charge is 2.13. The number of hydrogen-bond acceptors (Lipinski definition) is 3. The molecule has 4 nitrogen and oxygen atoms in total. The predicted octanol–water partition coefficient (Wildman–Crippen LogP) is 3.52. The molecule has 0 aliphatic carbocycles. The number of halogens is 1. The van der Waals surface area contributed by atoms with Crippen LogP contribution in [0.5, 0.6) is 0 Å². The van der Waals surface area contributed by atoms with Gasteiger partial charge in [-0.1, -0.05) is 18.5 Å². The molecule has 5 heteroatoms. The van der Waals surface area contributed by atoms with Gasteiger partial charge in [0.25, 0.3) is 0 Å². The van der Waals surface area contributed by atoms with E-state index < -0.39 is 0 Å². The van der Waals surface area contributed by atoms with Crippen LogP contribution in [0.15, 0.2) is 24.5 Å². The molecule has 2 rings (SSSR count). The van der Waals surface area contributed by atoms with Crippen molar-refractivity contribution in [2.24, 2.45) is 0 Å². The van der Waals surface area contributed by atoms with E-state index in [2.05, 4.69) is 22.2 Å². The van der Waals surface area contributed by atoms with Crippen molar-refractivity contribution in [3.05, 3.63) is 40.9 Å². The molecular weight excluding hydrogens is 248 g/mol. The van der Waals surface area contributed by atoms with Gasteiger partial charge < -0.3 is 16.0 Å². The number of imidazole rings is 1. The summed E-state index contributed by atoms with van der Waals surface area (Å²) in [7, 11) is 0. The van der Waals surface area contributed by atoms with Gasteiger partial charge in [0.05, 0.1) is 16.8 Å². The lowest BCUT2D eigenvalue weighted by Gasteiger charge is -2.18. The molecule has 0 saturated heterocycles. The Morgan fingerprint density at radius 2 is 2.28 bits per heavy atom. The third-order valence-corrected chi connectivity index (χ3v) is 3.26. The number of hydrogen-bond donors (Lipinski definition) is 3. The summed E-state index contributed by atoms with van der Waals surface area (Å²) in [6.45, 7) is 4.11. The monoisotopic (exact) mass is 264 g/mol. The normalized spacial score (nSPS) is 12.4. The van der Waals surface area contributed by atoms with Crippen molar-refractivity contribution in [2.45, 2.75) is 26.3 Å². The van der Waals surface area contributed by atoms with Crippen LogP contribution in [0.25, 0.3) is 0 Å². The number of aromatic amines is 1. The van der Waals surface area contributed by atoms with Crippen molar-refractivity contribution in [2.75, 3.05) is 11.1 Å². The Hall–Kier alpha value is -1.68. The summed E-state index contributed by atoms with van der Waals surface area (Å²) in [5.41, 5.74) is 8.43.